The van der Waals surface area contributed by atoms with Gasteiger partial charge in [-0.2, -0.15) is 12.6 Å². The second-order valence-corrected chi connectivity index (χ2v) is 6.41. The predicted molar refractivity (Wildman–Crippen MR) is 87.6 cm³/mol. The zero-order chi connectivity index (χ0) is 17.4. The van der Waals surface area contributed by atoms with E-state index < -0.39 is 35.9 Å². The fourth-order valence-electron chi connectivity index (χ4n) is 1.86. The van der Waals surface area contributed by atoms with Crippen LogP contribution in [0.3, 0.4) is 0 Å². The van der Waals surface area contributed by atoms with E-state index in [1.807, 2.05) is 13.8 Å². The molecule has 0 saturated heterocycles. The van der Waals surface area contributed by atoms with E-state index in [2.05, 4.69) is 23.3 Å². The van der Waals surface area contributed by atoms with E-state index in [9.17, 15) is 14.4 Å². The molecule has 2 amide bonds. The Balaban J connectivity index is 4.72. The summed E-state index contributed by atoms with van der Waals surface area (Å²) in [4.78, 5) is 35.1. The van der Waals surface area contributed by atoms with E-state index in [1.54, 1.807) is 13.8 Å². The average molecular weight is 333 g/mol. The maximum absolute atomic E-state index is 12.1. The van der Waals surface area contributed by atoms with Crippen LogP contribution in [0.15, 0.2) is 0 Å². The lowest BCUT2D eigenvalue weighted by atomic mass is 10.0. The van der Waals surface area contributed by atoms with Crippen molar-refractivity contribution in [1.82, 2.24) is 10.6 Å². The van der Waals surface area contributed by atoms with Crippen molar-refractivity contribution in [3.63, 3.8) is 0 Å². The van der Waals surface area contributed by atoms with Crippen LogP contribution in [0.4, 0.5) is 0 Å². The summed E-state index contributed by atoms with van der Waals surface area (Å²) in [6, 6.07) is -2.65. The number of hydrogen-bond donors (Lipinski definition) is 5. The lowest BCUT2D eigenvalue weighted by Gasteiger charge is -2.23. The van der Waals surface area contributed by atoms with Crippen LogP contribution >= 0.6 is 12.6 Å². The number of carbonyl (C=O) groups is 3. The van der Waals surface area contributed by atoms with Gasteiger partial charge in [0.2, 0.25) is 11.8 Å². The summed E-state index contributed by atoms with van der Waals surface area (Å²) >= 11 is 4.03. The highest BCUT2D eigenvalue weighted by Gasteiger charge is 2.28. The van der Waals surface area contributed by atoms with E-state index >= 15 is 0 Å². The standard InChI is InChI=1S/C14H27N3O4S/c1-7(2)5-9(15)12(18)16-10(6-22)13(19)17-11(8(3)4)14(20)21/h7-11,22H,5-6,15H2,1-4H3,(H,16,18)(H,17,19)(H,20,21). The van der Waals surface area contributed by atoms with Crippen molar-refractivity contribution in [2.75, 3.05) is 5.75 Å². The van der Waals surface area contributed by atoms with Gasteiger partial charge in [0.25, 0.3) is 0 Å². The number of rotatable bonds is 9. The van der Waals surface area contributed by atoms with Crippen molar-refractivity contribution in [3.05, 3.63) is 0 Å². The number of carboxylic acids is 1. The minimum absolute atomic E-state index is 0.0520. The molecule has 0 rings (SSSR count). The molecule has 5 N–H and O–H groups in total. The van der Waals surface area contributed by atoms with Crippen LogP contribution in [0.5, 0.6) is 0 Å². The van der Waals surface area contributed by atoms with Crippen LogP contribution in [0.1, 0.15) is 34.1 Å². The van der Waals surface area contributed by atoms with Crippen molar-refractivity contribution in [2.24, 2.45) is 17.6 Å². The van der Waals surface area contributed by atoms with Crippen molar-refractivity contribution in [3.8, 4) is 0 Å². The molecule has 0 heterocycles. The lowest BCUT2D eigenvalue weighted by molar-refractivity contribution is -0.143. The molecular formula is C14H27N3O4S. The monoisotopic (exact) mass is 333 g/mol. The number of carbonyl (C=O) groups excluding carboxylic acids is 2. The molecule has 0 aromatic carbocycles. The summed E-state index contributed by atoms with van der Waals surface area (Å²) in [6.07, 6.45) is 0.497. The highest BCUT2D eigenvalue weighted by atomic mass is 32.1. The Morgan fingerprint density at radius 3 is 2.00 bits per heavy atom. The zero-order valence-corrected chi connectivity index (χ0v) is 14.4. The number of thiol groups is 1. The molecule has 0 aliphatic rings. The molecule has 3 unspecified atom stereocenters. The van der Waals surface area contributed by atoms with Gasteiger partial charge in [-0.25, -0.2) is 4.79 Å². The second kappa shape index (κ2) is 9.68. The molecule has 0 aliphatic heterocycles. The molecule has 0 aromatic rings. The van der Waals surface area contributed by atoms with E-state index in [-0.39, 0.29) is 17.6 Å². The topological polar surface area (TPSA) is 122 Å². The highest BCUT2D eigenvalue weighted by molar-refractivity contribution is 7.80. The van der Waals surface area contributed by atoms with Crippen molar-refractivity contribution in [1.29, 1.82) is 0 Å². The number of carboxylic acid groups (broad SMARTS) is 1. The van der Waals surface area contributed by atoms with Crippen LogP contribution in [0.25, 0.3) is 0 Å². The van der Waals surface area contributed by atoms with Crippen LogP contribution in [0.2, 0.25) is 0 Å². The summed E-state index contributed by atoms with van der Waals surface area (Å²) in [7, 11) is 0. The van der Waals surface area contributed by atoms with Crippen LogP contribution in [-0.4, -0.2) is 46.8 Å². The number of nitrogens with one attached hydrogen (secondary N) is 2. The molecule has 0 spiro atoms. The van der Waals surface area contributed by atoms with Crippen LogP contribution in [-0.2, 0) is 14.4 Å². The van der Waals surface area contributed by atoms with Gasteiger partial charge in [0.05, 0.1) is 6.04 Å². The van der Waals surface area contributed by atoms with E-state index in [0.717, 1.165) is 0 Å². The molecule has 0 fully saturated rings. The Labute approximate surface area is 136 Å². The molecule has 0 bridgehead atoms. The maximum atomic E-state index is 12.1. The third-order valence-electron chi connectivity index (χ3n) is 3.11. The molecule has 8 heteroatoms. The predicted octanol–water partition coefficient (Wildman–Crippen LogP) is -0.000200. The first-order valence-electron chi connectivity index (χ1n) is 7.30. The number of amides is 2. The molecule has 22 heavy (non-hydrogen) atoms. The van der Waals surface area contributed by atoms with Gasteiger partial charge in [-0.05, 0) is 18.3 Å². The Morgan fingerprint density at radius 2 is 1.64 bits per heavy atom. The van der Waals surface area contributed by atoms with E-state index in [4.69, 9.17) is 10.8 Å². The van der Waals surface area contributed by atoms with Gasteiger partial charge in [0.15, 0.2) is 0 Å². The third-order valence-corrected chi connectivity index (χ3v) is 3.47. The minimum atomic E-state index is -1.12. The summed E-state index contributed by atoms with van der Waals surface area (Å²) in [5.74, 6) is -2.12. The average Bonchev–Trinajstić information content (AvgIpc) is 2.39. The van der Waals surface area contributed by atoms with Gasteiger partial charge in [0, 0.05) is 5.75 Å². The molecule has 0 aromatic heterocycles. The first-order valence-corrected chi connectivity index (χ1v) is 7.93. The zero-order valence-electron chi connectivity index (χ0n) is 13.5. The summed E-state index contributed by atoms with van der Waals surface area (Å²) in [6.45, 7) is 7.25. The number of nitrogens with two attached hydrogens (primary N) is 1. The fourth-order valence-corrected chi connectivity index (χ4v) is 2.11. The van der Waals surface area contributed by atoms with Crippen molar-refractivity contribution < 1.29 is 19.5 Å². The SMILES string of the molecule is CC(C)CC(N)C(=O)NC(CS)C(=O)NC(C(=O)O)C(C)C. The second-order valence-electron chi connectivity index (χ2n) is 6.05. The quantitative estimate of drug-likeness (QED) is 0.380. The Bertz CT molecular complexity index is 402. The van der Waals surface area contributed by atoms with Gasteiger partial charge >= 0.3 is 5.97 Å². The van der Waals surface area contributed by atoms with Crippen LogP contribution < -0.4 is 16.4 Å². The maximum Gasteiger partial charge on any atom is 0.326 e. The minimum Gasteiger partial charge on any atom is -0.480 e. The largest absolute Gasteiger partial charge is 0.480 e. The molecule has 0 radical (unpaired) electrons. The molecule has 128 valence electrons. The molecule has 0 saturated carbocycles. The van der Waals surface area contributed by atoms with Crippen LogP contribution in [0, 0.1) is 11.8 Å². The van der Waals surface area contributed by atoms with E-state index in [1.165, 1.54) is 0 Å². The molecule has 7 nitrogen and oxygen atoms in total. The Kier molecular flexibility index (Phi) is 9.12. The first kappa shape index (κ1) is 20.7. The number of hydrogen-bond acceptors (Lipinski definition) is 5. The Hall–Kier alpha value is -1.28. The molecule has 0 aliphatic carbocycles. The fraction of sp³-hybridized carbons (Fsp3) is 0.786. The smallest absolute Gasteiger partial charge is 0.326 e. The van der Waals surface area contributed by atoms with Gasteiger partial charge in [-0.3, -0.25) is 9.59 Å². The summed E-state index contributed by atoms with van der Waals surface area (Å²) in [5.41, 5.74) is 5.76. The van der Waals surface area contributed by atoms with Gasteiger partial charge in [-0.15, -0.1) is 0 Å². The molecule has 3 atom stereocenters. The first-order chi connectivity index (χ1) is 10.1. The van der Waals surface area contributed by atoms with E-state index in [0.29, 0.717) is 6.42 Å². The van der Waals surface area contributed by atoms with Gasteiger partial charge < -0.3 is 21.5 Å². The van der Waals surface area contributed by atoms with Gasteiger partial charge in [0.1, 0.15) is 12.1 Å². The lowest BCUT2D eigenvalue weighted by Crippen LogP contribution is -2.56. The normalized spacial score (nSPS) is 15.3. The van der Waals surface area contributed by atoms with Crippen molar-refractivity contribution >= 4 is 30.4 Å². The highest BCUT2D eigenvalue weighted by Crippen LogP contribution is 2.05. The Morgan fingerprint density at radius 1 is 1.09 bits per heavy atom. The van der Waals surface area contributed by atoms with Gasteiger partial charge in [-0.1, -0.05) is 27.7 Å². The molecular weight excluding hydrogens is 306 g/mol. The third kappa shape index (κ3) is 7.13. The summed E-state index contributed by atoms with van der Waals surface area (Å²) in [5, 5.41) is 14.0. The number of aliphatic carboxylic acids is 1. The van der Waals surface area contributed by atoms with Crippen molar-refractivity contribution in [2.45, 2.75) is 52.2 Å². The summed E-state index contributed by atoms with van der Waals surface area (Å²) < 4.78 is 0.